The topological polar surface area (TPSA) is 21.3 Å². The zero-order valence-corrected chi connectivity index (χ0v) is 10.3. The molecule has 0 bridgehead atoms. The third-order valence-corrected chi connectivity index (χ3v) is 3.32. The quantitative estimate of drug-likeness (QED) is 0.840. The van der Waals surface area contributed by atoms with Gasteiger partial charge in [0.15, 0.2) is 0 Å². The molecular weight excluding hydrogens is 246 g/mol. The van der Waals surface area contributed by atoms with E-state index in [1.54, 1.807) is 0 Å². The molecule has 0 aliphatic carbocycles. The van der Waals surface area contributed by atoms with Crippen LogP contribution in [-0.2, 0) is 11.3 Å². The highest BCUT2D eigenvalue weighted by Crippen LogP contribution is 2.29. The SMILES string of the molecule is C.C.c1ccc(C2OCCNCc3ccccc32)cc1. The van der Waals surface area contributed by atoms with Crippen LogP contribution in [0.4, 0.5) is 0 Å². The number of rotatable bonds is 1. The third kappa shape index (κ3) is 3.47. The van der Waals surface area contributed by atoms with Crippen molar-refractivity contribution in [3.63, 3.8) is 0 Å². The molecule has 0 saturated heterocycles. The van der Waals surface area contributed by atoms with Crippen LogP contribution < -0.4 is 5.32 Å². The maximum atomic E-state index is 6.03. The van der Waals surface area contributed by atoms with Gasteiger partial charge in [0.2, 0.25) is 0 Å². The summed E-state index contributed by atoms with van der Waals surface area (Å²) in [5, 5.41) is 3.39. The first-order valence-corrected chi connectivity index (χ1v) is 6.40. The molecule has 0 spiro atoms. The van der Waals surface area contributed by atoms with E-state index in [2.05, 4.69) is 53.8 Å². The number of fused-ring (bicyclic) bond motifs is 1. The number of ether oxygens (including phenoxy) is 1. The van der Waals surface area contributed by atoms with E-state index in [1.165, 1.54) is 16.7 Å². The summed E-state index contributed by atoms with van der Waals surface area (Å²) in [7, 11) is 0. The molecule has 2 nitrogen and oxygen atoms in total. The third-order valence-electron chi connectivity index (χ3n) is 3.32. The van der Waals surface area contributed by atoms with Crippen LogP contribution in [-0.4, -0.2) is 13.2 Å². The number of hydrogen-bond donors (Lipinski definition) is 1. The van der Waals surface area contributed by atoms with Crippen LogP contribution >= 0.6 is 0 Å². The van der Waals surface area contributed by atoms with Gasteiger partial charge in [-0.2, -0.15) is 0 Å². The highest BCUT2D eigenvalue weighted by atomic mass is 16.5. The first-order chi connectivity index (χ1) is 8.95. The van der Waals surface area contributed by atoms with Crippen LogP contribution in [0.25, 0.3) is 0 Å². The lowest BCUT2D eigenvalue weighted by molar-refractivity contribution is 0.0776. The van der Waals surface area contributed by atoms with E-state index in [1.807, 2.05) is 6.07 Å². The number of hydrogen-bond acceptors (Lipinski definition) is 2. The molecular formula is C18H25NO. The van der Waals surface area contributed by atoms with Crippen molar-refractivity contribution in [3.05, 3.63) is 71.3 Å². The van der Waals surface area contributed by atoms with Gasteiger partial charge in [-0.15, -0.1) is 0 Å². The zero-order valence-electron chi connectivity index (χ0n) is 10.3. The second-order valence-corrected chi connectivity index (χ2v) is 4.54. The summed E-state index contributed by atoms with van der Waals surface area (Å²) < 4.78 is 6.03. The monoisotopic (exact) mass is 271 g/mol. The predicted octanol–water partition coefficient (Wildman–Crippen LogP) is 4.17. The van der Waals surface area contributed by atoms with Crippen molar-refractivity contribution in [2.24, 2.45) is 0 Å². The van der Waals surface area contributed by atoms with Gasteiger partial charge in [0.25, 0.3) is 0 Å². The molecule has 1 unspecified atom stereocenters. The van der Waals surface area contributed by atoms with Crippen LogP contribution in [0.15, 0.2) is 54.6 Å². The maximum Gasteiger partial charge on any atom is 0.108 e. The van der Waals surface area contributed by atoms with Gasteiger partial charge in [0.05, 0.1) is 6.61 Å². The Hall–Kier alpha value is -1.64. The van der Waals surface area contributed by atoms with E-state index in [0.717, 1.165) is 19.7 Å². The summed E-state index contributed by atoms with van der Waals surface area (Å²) in [6.45, 7) is 2.56. The van der Waals surface area contributed by atoms with Crippen molar-refractivity contribution in [1.29, 1.82) is 0 Å². The second kappa shape index (κ2) is 7.83. The summed E-state index contributed by atoms with van der Waals surface area (Å²) in [6.07, 6.45) is 0.0597. The van der Waals surface area contributed by atoms with Gasteiger partial charge in [-0.25, -0.2) is 0 Å². The molecule has 2 heteroatoms. The van der Waals surface area contributed by atoms with Crippen molar-refractivity contribution in [1.82, 2.24) is 5.32 Å². The van der Waals surface area contributed by atoms with Gasteiger partial charge in [0.1, 0.15) is 6.10 Å². The fourth-order valence-electron chi connectivity index (χ4n) is 2.42. The average molecular weight is 271 g/mol. The molecule has 1 atom stereocenters. The fraction of sp³-hybridized carbons (Fsp3) is 0.333. The standard InChI is InChI=1S/C16H17NO.2CH4/c1-2-6-13(7-3-1)16-15-9-5-4-8-14(15)12-17-10-11-18-16;;/h1-9,16-17H,10-12H2;2*1H4. The van der Waals surface area contributed by atoms with Crippen molar-refractivity contribution in [2.45, 2.75) is 27.5 Å². The lowest BCUT2D eigenvalue weighted by atomic mass is 9.96. The minimum atomic E-state index is 0. The molecule has 2 aromatic carbocycles. The molecule has 108 valence electrons. The first kappa shape index (κ1) is 16.4. The highest BCUT2D eigenvalue weighted by Gasteiger charge is 2.19. The fourth-order valence-corrected chi connectivity index (χ4v) is 2.42. The average Bonchev–Trinajstić information content (AvgIpc) is 2.41. The largest absolute Gasteiger partial charge is 0.367 e. The Kier molecular flexibility index (Phi) is 6.43. The summed E-state index contributed by atoms with van der Waals surface area (Å²) in [5.74, 6) is 0. The number of benzene rings is 2. The molecule has 1 aliphatic rings. The Labute approximate surface area is 122 Å². The van der Waals surface area contributed by atoms with E-state index in [0.29, 0.717) is 0 Å². The zero-order chi connectivity index (χ0) is 12.2. The van der Waals surface area contributed by atoms with Gasteiger partial charge < -0.3 is 10.1 Å². The molecule has 1 heterocycles. The highest BCUT2D eigenvalue weighted by molar-refractivity contribution is 5.36. The Morgan fingerprint density at radius 2 is 1.60 bits per heavy atom. The Balaban J connectivity index is 0.000001000. The molecule has 0 radical (unpaired) electrons. The Bertz CT molecular complexity index is 510. The van der Waals surface area contributed by atoms with Crippen LogP contribution in [0.3, 0.4) is 0 Å². The van der Waals surface area contributed by atoms with Crippen molar-refractivity contribution in [3.8, 4) is 0 Å². The van der Waals surface area contributed by atoms with Crippen LogP contribution in [0.5, 0.6) is 0 Å². The van der Waals surface area contributed by atoms with Crippen LogP contribution in [0, 0.1) is 0 Å². The van der Waals surface area contributed by atoms with Gasteiger partial charge in [-0.1, -0.05) is 69.5 Å². The molecule has 1 aliphatic heterocycles. The van der Waals surface area contributed by atoms with Gasteiger partial charge >= 0.3 is 0 Å². The Morgan fingerprint density at radius 1 is 0.900 bits per heavy atom. The molecule has 2 aromatic rings. The lowest BCUT2D eigenvalue weighted by Gasteiger charge is -2.24. The van der Waals surface area contributed by atoms with Gasteiger partial charge in [-0.05, 0) is 16.7 Å². The van der Waals surface area contributed by atoms with Crippen LogP contribution in [0.2, 0.25) is 0 Å². The smallest absolute Gasteiger partial charge is 0.108 e. The molecule has 0 fully saturated rings. The molecule has 0 aromatic heterocycles. The van der Waals surface area contributed by atoms with E-state index in [-0.39, 0.29) is 21.0 Å². The molecule has 0 saturated carbocycles. The van der Waals surface area contributed by atoms with Crippen molar-refractivity contribution >= 4 is 0 Å². The van der Waals surface area contributed by atoms with Crippen molar-refractivity contribution in [2.75, 3.05) is 13.2 Å². The first-order valence-electron chi connectivity index (χ1n) is 6.40. The summed E-state index contributed by atoms with van der Waals surface area (Å²) >= 11 is 0. The molecule has 0 amide bonds. The van der Waals surface area contributed by atoms with Gasteiger partial charge in [0, 0.05) is 13.1 Å². The van der Waals surface area contributed by atoms with E-state index < -0.39 is 0 Å². The minimum absolute atomic E-state index is 0. The normalized spacial score (nSPS) is 17.7. The van der Waals surface area contributed by atoms with E-state index in [4.69, 9.17) is 4.74 Å². The molecule has 3 rings (SSSR count). The second-order valence-electron chi connectivity index (χ2n) is 4.54. The predicted molar refractivity (Wildman–Crippen MR) is 85.8 cm³/mol. The summed E-state index contributed by atoms with van der Waals surface area (Å²) in [6, 6.07) is 19.0. The lowest BCUT2D eigenvalue weighted by Crippen LogP contribution is -2.25. The summed E-state index contributed by atoms with van der Waals surface area (Å²) in [4.78, 5) is 0. The maximum absolute atomic E-state index is 6.03. The van der Waals surface area contributed by atoms with Crippen LogP contribution in [0.1, 0.15) is 37.6 Å². The summed E-state index contributed by atoms with van der Waals surface area (Å²) in [5.41, 5.74) is 3.83. The van der Waals surface area contributed by atoms with E-state index >= 15 is 0 Å². The number of nitrogens with one attached hydrogen (secondary N) is 1. The molecule has 20 heavy (non-hydrogen) atoms. The van der Waals surface area contributed by atoms with E-state index in [9.17, 15) is 0 Å². The Morgan fingerprint density at radius 3 is 2.40 bits per heavy atom. The molecule has 1 N–H and O–H groups in total. The van der Waals surface area contributed by atoms with Crippen molar-refractivity contribution < 1.29 is 4.74 Å². The van der Waals surface area contributed by atoms with Gasteiger partial charge in [-0.3, -0.25) is 0 Å². The minimum Gasteiger partial charge on any atom is -0.367 e.